The number of hydrogen-bond acceptors (Lipinski definition) is 2. The van der Waals surface area contributed by atoms with E-state index in [1.807, 2.05) is 11.8 Å². The van der Waals surface area contributed by atoms with Gasteiger partial charge in [-0.05, 0) is 40.0 Å². The summed E-state index contributed by atoms with van der Waals surface area (Å²) in [5.74, 6) is 0.277. The second kappa shape index (κ2) is 4.56. The highest BCUT2D eigenvalue weighted by Crippen LogP contribution is 2.33. The molecule has 0 aromatic heterocycles. The molecule has 0 saturated carbocycles. The van der Waals surface area contributed by atoms with E-state index < -0.39 is 0 Å². The van der Waals surface area contributed by atoms with Gasteiger partial charge in [0, 0.05) is 12.1 Å². The Morgan fingerprint density at radius 3 is 2.56 bits per heavy atom. The summed E-state index contributed by atoms with van der Waals surface area (Å²) in [6.07, 6.45) is 3.74. The number of fused-ring (bicyclic) bond motifs is 1. The molecule has 18 heavy (non-hydrogen) atoms. The van der Waals surface area contributed by atoms with E-state index in [1.54, 1.807) is 4.90 Å². The Balaban J connectivity index is 2.30. The van der Waals surface area contributed by atoms with Crippen LogP contribution in [-0.4, -0.2) is 45.8 Å². The lowest BCUT2D eigenvalue weighted by molar-refractivity contribution is -0.165. The zero-order chi connectivity index (χ0) is 13.5. The number of carbonyl (C=O) groups is 2. The molecule has 0 aromatic carbocycles. The molecule has 0 radical (unpaired) electrons. The molecule has 0 bridgehead atoms. The first kappa shape index (κ1) is 13.4. The summed E-state index contributed by atoms with van der Waals surface area (Å²) in [7, 11) is 0. The van der Waals surface area contributed by atoms with Crippen LogP contribution in [0.1, 0.15) is 53.4 Å². The van der Waals surface area contributed by atoms with Gasteiger partial charge in [0.2, 0.25) is 11.8 Å². The summed E-state index contributed by atoms with van der Waals surface area (Å²) in [6.45, 7) is 8.88. The van der Waals surface area contributed by atoms with E-state index in [0.29, 0.717) is 0 Å². The number of nitrogens with zero attached hydrogens (tertiary/aromatic N) is 2. The first-order valence-electron chi connectivity index (χ1n) is 7.04. The molecule has 0 spiro atoms. The maximum atomic E-state index is 12.6. The van der Waals surface area contributed by atoms with Crippen molar-refractivity contribution in [2.75, 3.05) is 6.54 Å². The highest BCUT2D eigenvalue weighted by molar-refractivity contribution is 5.97. The van der Waals surface area contributed by atoms with Crippen molar-refractivity contribution >= 4 is 11.8 Å². The van der Waals surface area contributed by atoms with Gasteiger partial charge in [-0.25, -0.2) is 0 Å². The zero-order valence-corrected chi connectivity index (χ0v) is 11.9. The van der Waals surface area contributed by atoms with Crippen LogP contribution in [0, 0.1) is 0 Å². The van der Waals surface area contributed by atoms with Crippen molar-refractivity contribution in [3.8, 4) is 0 Å². The Morgan fingerprint density at radius 2 is 1.94 bits per heavy atom. The van der Waals surface area contributed by atoms with Crippen molar-refractivity contribution in [1.82, 2.24) is 9.80 Å². The number of rotatable bonds is 3. The molecule has 0 N–H and O–H groups in total. The third-order valence-corrected chi connectivity index (χ3v) is 4.32. The second-order valence-electron chi connectivity index (χ2n) is 6.14. The van der Waals surface area contributed by atoms with E-state index in [0.717, 1.165) is 32.2 Å². The van der Waals surface area contributed by atoms with Crippen molar-refractivity contribution in [2.45, 2.75) is 71.0 Å². The van der Waals surface area contributed by atoms with Crippen LogP contribution in [0.5, 0.6) is 0 Å². The summed E-state index contributed by atoms with van der Waals surface area (Å²) < 4.78 is 0. The molecule has 4 nitrogen and oxygen atoms in total. The van der Waals surface area contributed by atoms with Gasteiger partial charge in [0.25, 0.3) is 0 Å². The summed E-state index contributed by atoms with van der Waals surface area (Å²) >= 11 is 0. The molecular weight excluding hydrogens is 228 g/mol. The molecule has 2 amide bonds. The minimum atomic E-state index is -0.312. The highest BCUT2D eigenvalue weighted by atomic mass is 16.2. The summed E-state index contributed by atoms with van der Waals surface area (Å²) in [4.78, 5) is 28.6. The third-order valence-electron chi connectivity index (χ3n) is 4.32. The van der Waals surface area contributed by atoms with E-state index >= 15 is 0 Å². The van der Waals surface area contributed by atoms with Gasteiger partial charge in [-0.2, -0.15) is 0 Å². The lowest BCUT2D eigenvalue weighted by Gasteiger charge is -2.48. The van der Waals surface area contributed by atoms with Crippen LogP contribution in [0.2, 0.25) is 0 Å². The molecule has 2 rings (SSSR count). The van der Waals surface area contributed by atoms with E-state index in [4.69, 9.17) is 0 Å². The van der Waals surface area contributed by atoms with Crippen LogP contribution in [0.25, 0.3) is 0 Å². The van der Waals surface area contributed by atoms with Crippen molar-refractivity contribution in [3.63, 3.8) is 0 Å². The fourth-order valence-electron chi connectivity index (χ4n) is 3.54. The Morgan fingerprint density at radius 1 is 1.28 bits per heavy atom. The third kappa shape index (κ3) is 1.91. The molecule has 0 aliphatic carbocycles. The molecule has 102 valence electrons. The Hall–Kier alpha value is -1.06. The molecular formula is C14H24N2O2. The van der Waals surface area contributed by atoms with E-state index in [1.165, 1.54) is 0 Å². The molecule has 4 heteroatoms. The van der Waals surface area contributed by atoms with Crippen molar-refractivity contribution in [3.05, 3.63) is 0 Å². The van der Waals surface area contributed by atoms with Gasteiger partial charge in [-0.15, -0.1) is 0 Å². The lowest BCUT2D eigenvalue weighted by Crippen LogP contribution is -2.67. The van der Waals surface area contributed by atoms with Crippen molar-refractivity contribution in [1.29, 1.82) is 0 Å². The Labute approximate surface area is 109 Å². The van der Waals surface area contributed by atoms with Gasteiger partial charge in [0.05, 0.1) is 0 Å². The molecule has 2 heterocycles. The van der Waals surface area contributed by atoms with E-state index in [9.17, 15) is 9.59 Å². The first-order chi connectivity index (χ1) is 8.40. The maximum Gasteiger partial charge on any atom is 0.246 e. The van der Waals surface area contributed by atoms with Crippen LogP contribution in [0.4, 0.5) is 0 Å². The van der Waals surface area contributed by atoms with Gasteiger partial charge in [0.1, 0.15) is 12.1 Å². The monoisotopic (exact) mass is 252 g/mol. The van der Waals surface area contributed by atoms with Crippen LogP contribution < -0.4 is 0 Å². The van der Waals surface area contributed by atoms with E-state index in [2.05, 4.69) is 20.8 Å². The molecule has 0 aromatic rings. The highest BCUT2D eigenvalue weighted by Gasteiger charge is 2.49. The molecule has 2 aliphatic heterocycles. The lowest BCUT2D eigenvalue weighted by atomic mass is 9.91. The van der Waals surface area contributed by atoms with Crippen LogP contribution >= 0.6 is 0 Å². The molecule has 2 fully saturated rings. The number of carbonyl (C=O) groups excluding carboxylic acids is 2. The van der Waals surface area contributed by atoms with Gasteiger partial charge in [-0.1, -0.05) is 13.3 Å². The van der Waals surface area contributed by atoms with Gasteiger partial charge < -0.3 is 9.80 Å². The van der Waals surface area contributed by atoms with Crippen LogP contribution in [0.3, 0.4) is 0 Å². The average Bonchev–Trinajstić information content (AvgIpc) is 2.75. The standard InChI is InChI=1S/C14H24N2O2/c1-5-8-14(3,4)16-10(2)12(17)15-9-6-7-11(15)13(16)18/h10-11H,5-9H2,1-4H3. The van der Waals surface area contributed by atoms with Crippen LogP contribution in [-0.2, 0) is 9.59 Å². The summed E-state index contributed by atoms with van der Waals surface area (Å²) in [5, 5.41) is 0. The van der Waals surface area contributed by atoms with Gasteiger partial charge in [0.15, 0.2) is 0 Å². The SMILES string of the molecule is CCCC(C)(C)N1C(=O)C2CCCN2C(=O)C1C. The first-order valence-corrected chi connectivity index (χ1v) is 7.04. The predicted octanol–water partition coefficient (Wildman–Crippen LogP) is 1.79. The number of hydrogen-bond donors (Lipinski definition) is 0. The Bertz CT molecular complexity index is 365. The van der Waals surface area contributed by atoms with Crippen molar-refractivity contribution in [2.24, 2.45) is 0 Å². The normalized spacial score (nSPS) is 28.9. The Kier molecular flexibility index (Phi) is 3.39. The van der Waals surface area contributed by atoms with Crippen molar-refractivity contribution < 1.29 is 9.59 Å². The molecule has 2 unspecified atom stereocenters. The van der Waals surface area contributed by atoms with E-state index in [-0.39, 0.29) is 29.4 Å². The summed E-state index contributed by atoms with van der Waals surface area (Å²) in [5.41, 5.74) is -0.227. The smallest absolute Gasteiger partial charge is 0.246 e. The maximum absolute atomic E-state index is 12.6. The average molecular weight is 252 g/mol. The number of amides is 2. The summed E-state index contributed by atoms with van der Waals surface area (Å²) in [6, 6.07) is -0.502. The quantitative estimate of drug-likeness (QED) is 0.768. The second-order valence-corrected chi connectivity index (χ2v) is 6.14. The molecule has 2 atom stereocenters. The number of piperazine rings is 1. The minimum Gasteiger partial charge on any atom is -0.329 e. The molecule has 2 aliphatic rings. The minimum absolute atomic E-state index is 0.126. The topological polar surface area (TPSA) is 40.6 Å². The molecule has 2 saturated heterocycles. The largest absolute Gasteiger partial charge is 0.329 e. The van der Waals surface area contributed by atoms with Gasteiger partial charge >= 0.3 is 0 Å². The zero-order valence-electron chi connectivity index (χ0n) is 11.9. The fraction of sp³-hybridized carbons (Fsp3) is 0.857. The van der Waals surface area contributed by atoms with Crippen LogP contribution in [0.15, 0.2) is 0 Å². The fourth-order valence-corrected chi connectivity index (χ4v) is 3.54. The predicted molar refractivity (Wildman–Crippen MR) is 70.0 cm³/mol. The van der Waals surface area contributed by atoms with Gasteiger partial charge in [-0.3, -0.25) is 9.59 Å².